The molecule has 0 aliphatic carbocycles. The molecular weight excluding hydrogens is 311 g/mol. The maximum atomic E-state index is 14.9. The van der Waals surface area contributed by atoms with Crippen LogP contribution in [-0.2, 0) is 4.74 Å². The largest absolute Gasteiger partial charge is 0.497 e. The number of halogens is 1. The smallest absolute Gasteiger partial charge is 0.338 e. The van der Waals surface area contributed by atoms with Crippen molar-refractivity contribution in [3.05, 3.63) is 53.3 Å². The van der Waals surface area contributed by atoms with E-state index >= 15 is 0 Å². The molecule has 3 aromatic rings. The molecule has 0 amide bonds. The molecule has 0 bridgehead atoms. The van der Waals surface area contributed by atoms with Gasteiger partial charge in [0.2, 0.25) is 0 Å². The number of furan rings is 1. The average molecular weight is 328 g/mol. The molecule has 0 unspecified atom stereocenters. The number of benzene rings is 2. The predicted octanol–water partition coefficient (Wildman–Crippen LogP) is 4.73. The average Bonchev–Trinajstić information content (AvgIpc) is 2.93. The van der Waals surface area contributed by atoms with Crippen molar-refractivity contribution in [3.63, 3.8) is 0 Å². The first-order valence-electron chi connectivity index (χ1n) is 7.60. The summed E-state index contributed by atoms with van der Waals surface area (Å²) in [7, 11) is 1.57. The highest BCUT2D eigenvalue weighted by Crippen LogP contribution is 2.35. The monoisotopic (exact) mass is 328 g/mol. The van der Waals surface area contributed by atoms with Gasteiger partial charge in [0, 0.05) is 5.56 Å². The van der Waals surface area contributed by atoms with Crippen molar-refractivity contribution in [1.82, 2.24) is 0 Å². The SMILES string of the molecule is CCOC(=O)c1ccc2oc(-c3ccc(OC)cc3)c(F)c2c1C. The van der Waals surface area contributed by atoms with Crippen molar-refractivity contribution >= 4 is 16.9 Å². The van der Waals surface area contributed by atoms with E-state index in [2.05, 4.69) is 0 Å². The summed E-state index contributed by atoms with van der Waals surface area (Å²) in [6.07, 6.45) is 0. The van der Waals surface area contributed by atoms with Crippen molar-refractivity contribution in [2.45, 2.75) is 13.8 Å². The van der Waals surface area contributed by atoms with Crippen LogP contribution in [0.3, 0.4) is 0 Å². The van der Waals surface area contributed by atoms with E-state index in [1.165, 1.54) is 0 Å². The quantitative estimate of drug-likeness (QED) is 0.650. The van der Waals surface area contributed by atoms with Gasteiger partial charge in [-0.25, -0.2) is 9.18 Å². The number of hydrogen-bond acceptors (Lipinski definition) is 4. The zero-order valence-electron chi connectivity index (χ0n) is 13.7. The number of carbonyl (C=O) groups excluding carboxylic acids is 1. The van der Waals surface area contributed by atoms with Gasteiger partial charge in [-0.3, -0.25) is 0 Å². The Balaban J connectivity index is 2.13. The number of aryl methyl sites for hydroxylation is 1. The van der Waals surface area contributed by atoms with Gasteiger partial charge in [0.15, 0.2) is 11.6 Å². The van der Waals surface area contributed by atoms with Crippen LogP contribution in [0.4, 0.5) is 4.39 Å². The van der Waals surface area contributed by atoms with E-state index < -0.39 is 11.8 Å². The van der Waals surface area contributed by atoms with E-state index in [0.717, 1.165) is 0 Å². The molecule has 1 aromatic heterocycles. The van der Waals surface area contributed by atoms with Gasteiger partial charge in [-0.2, -0.15) is 0 Å². The third kappa shape index (κ3) is 2.62. The van der Waals surface area contributed by atoms with E-state index in [4.69, 9.17) is 13.9 Å². The van der Waals surface area contributed by atoms with E-state index in [-0.39, 0.29) is 12.4 Å². The lowest BCUT2D eigenvalue weighted by Crippen LogP contribution is -2.06. The Morgan fingerprint density at radius 1 is 1.17 bits per heavy atom. The maximum Gasteiger partial charge on any atom is 0.338 e. The first-order valence-corrected chi connectivity index (χ1v) is 7.60. The number of esters is 1. The summed E-state index contributed by atoms with van der Waals surface area (Å²) in [5, 5.41) is 0.298. The molecule has 0 aliphatic rings. The second-order valence-electron chi connectivity index (χ2n) is 5.31. The van der Waals surface area contributed by atoms with Crippen LogP contribution in [0.25, 0.3) is 22.3 Å². The lowest BCUT2D eigenvalue weighted by atomic mass is 10.0. The Bertz CT molecular complexity index is 894. The number of hydrogen-bond donors (Lipinski definition) is 0. The Morgan fingerprint density at radius 3 is 2.50 bits per heavy atom. The summed E-state index contributed by atoms with van der Waals surface area (Å²) in [5.41, 5.74) is 1.84. The van der Waals surface area contributed by atoms with Crippen LogP contribution in [0.1, 0.15) is 22.8 Å². The van der Waals surface area contributed by atoms with Gasteiger partial charge < -0.3 is 13.9 Å². The highest BCUT2D eigenvalue weighted by Gasteiger charge is 2.21. The maximum absolute atomic E-state index is 14.9. The third-order valence-electron chi connectivity index (χ3n) is 3.91. The van der Waals surface area contributed by atoms with Crippen molar-refractivity contribution in [2.75, 3.05) is 13.7 Å². The minimum absolute atomic E-state index is 0.136. The zero-order chi connectivity index (χ0) is 17.3. The van der Waals surface area contributed by atoms with E-state index in [9.17, 15) is 9.18 Å². The molecule has 0 radical (unpaired) electrons. The lowest BCUT2D eigenvalue weighted by molar-refractivity contribution is 0.0525. The van der Waals surface area contributed by atoms with Crippen molar-refractivity contribution < 1.29 is 23.1 Å². The second-order valence-corrected chi connectivity index (χ2v) is 5.31. The molecule has 0 spiro atoms. The van der Waals surface area contributed by atoms with Crippen molar-refractivity contribution in [2.24, 2.45) is 0 Å². The van der Waals surface area contributed by atoms with Gasteiger partial charge in [-0.05, 0) is 55.8 Å². The second kappa shape index (κ2) is 6.35. The summed E-state index contributed by atoms with van der Waals surface area (Å²) in [5.74, 6) is -0.143. The van der Waals surface area contributed by atoms with E-state index in [0.29, 0.717) is 33.4 Å². The van der Waals surface area contributed by atoms with Gasteiger partial charge >= 0.3 is 5.97 Å². The molecule has 124 valence electrons. The van der Waals surface area contributed by atoms with E-state index in [1.807, 2.05) is 0 Å². The van der Waals surface area contributed by atoms with Crippen LogP contribution in [0.2, 0.25) is 0 Å². The van der Waals surface area contributed by atoms with Crippen LogP contribution in [0.5, 0.6) is 5.75 Å². The molecule has 0 saturated carbocycles. The van der Waals surface area contributed by atoms with Crippen LogP contribution in [0.15, 0.2) is 40.8 Å². The molecule has 0 N–H and O–H groups in total. The minimum atomic E-state index is -0.487. The molecule has 24 heavy (non-hydrogen) atoms. The highest BCUT2D eigenvalue weighted by molar-refractivity contribution is 5.98. The fourth-order valence-corrected chi connectivity index (χ4v) is 2.67. The molecule has 0 atom stereocenters. The normalized spacial score (nSPS) is 10.8. The summed E-state index contributed by atoms with van der Waals surface area (Å²) >= 11 is 0. The molecule has 0 aliphatic heterocycles. The topological polar surface area (TPSA) is 48.7 Å². The first-order chi connectivity index (χ1) is 11.6. The fourth-order valence-electron chi connectivity index (χ4n) is 2.67. The molecule has 3 rings (SSSR count). The van der Waals surface area contributed by atoms with Crippen LogP contribution in [-0.4, -0.2) is 19.7 Å². The number of ether oxygens (including phenoxy) is 2. The predicted molar refractivity (Wildman–Crippen MR) is 88.9 cm³/mol. The molecule has 1 heterocycles. The van der Waals surface area contributed by atoms with Gasteiger partial charge in [0.1, 0.15) is 11.3 Å². The molecule has 0 fully saturated rings. The Kier molecular flexibility index (Phi) is 4.25. The van der Waals surface area contributed by atoms with Crippen LogP contribution in [0, 0.1) is 12.7 Å². The number of fused-ring (bicyclic) bond motifs is 1. The zero-order valence-corrected chi connectivity index (χ0v) is 13.7. The van der Waals surface area contributed by atoms with Gasteiger partial charge in [-0.1, -0.05) is 0 Å². The molecule has 4 nitrogen and oxygen atoms in total. The Morgan fingerprint density at radius 2 is 1.88 bits per heavy atom. The van der Waals surface area contributed by atoms with Crippen molar-refractivity contribution in [1.29, 1.82) is 0 Å². The van der Waals surface area contributed by atoms with E-state index in [1.54, 1.807) is 57.4 Å². The van der Waals surface area contributed by atoms with Crippen LogP contribution >= 0.6 is 0 Å². The lowest BCUT2D eigenvalue weighted by Gasteiger charge is -2.05. The minimum Gasteiger partial charge on any atom is -0.497 e. The van der Waals surface area contributed by atoms with Gasteiger partial charge in [-0.15, -0.1) is 0 Å². The summed E-state index contributed by atoms with van der Waals surface area (Å²) in [6.45, 7) is 3.68. The summed E-state index contributed by atoms with van der Waals surface area (Å²) in [6, 6.07) is 10.1. The molecule has 2 aromatic carbocycles. The summed E-state index contributed by atoms with van der Waals surface area (Å²) < 4.78 is 30.7. The standard InChI is InChI=1S/C19H17FO4/c1-4-23-19(21)14-9-10-15-16(11(14)2)17(20)18(24-15)12-5-7-13(22-3)8-6-12/h5-10H,4H2,1-3H3. The van der Waals surface area contributed by atoms with Crippen molar-refractivity contribution in [3.8, 4) is 17.1 Å². The summed E-state index contributed by atoms with van der Waals surface area (Å²) in [4.78, 5) is 12.0. The van der Waals surface area contributed by atoms with Crippen LogP contribution < -0.4 is 4.74 Å². The van der Waals surface area contributed by atoms with Gasteiger partial charge in [0.25, 0.3) is 0 Å². The number of rotatable bonds is 4. The first kappa shape index (κ1) is 16.1. The number of methoxy groups -OCH3 is 1. The Labute approximate surface area is 138 Å². The fraction of sp³-hybridized carbons (Fsp3) is 0.211. The molecule has 0 saturated heterocycles. The highest BCUT2D eigenvalue weighted by atomic mass is 19.1. The molecule has 5 heteroatoms. The molecular formula is C19H17FO4. The Hall–Kier alpha value is -2.82. The third-order valence-corrected chi connectivity index (χ3v) is 3.91. The number of carbonyl (C=O) groups is 1. The van der Waals surface area contributed by atoms with Gasteiger partial charge in [0.05, 0.1) is 24.7 Å².